The summed E-state index contributed by atoms with van der Waals surface area (Å²) in [4.78, 5) is 0. The van der Waals surface area contributed by atoms with Crippen molar-refractivity contribution in [2.24, 2.45) is 0 Å². The molecule has 1 saturated heterocycles. The van der Waals surface area contributed by atoms with Crippen molar-refractivity contribution in [3.8, 4) is 0 Å². The lowest BCUT2D eigenvalue weighted by atomic mass is 9.98. The molecule has 2 unspecified atom stereocenters. The monoisotopic (exact) mass is 263 g/mol. The standard InChI is InChI=1S/C16H25NO2/c1-2-6-15-11-14(9-10-19-15)17-16(12-18)13-7-4-3-5-8-13/h3-5,7-8,14-18H,2,6,9-12H2,1H3/t14?,15?,16-/m1/s1. The molecule has 1 aliphatic heterocycles. The molecule has 0 aliphatic carbocycles. The van der Waals surface area contributed by atoms with Gasteiger partial charge in [0.05, 0.1) is 18.8 Å². The fourth-order valence-corrected chi connectivity index (χ4v) is 2.78. The summed E-state index contributed by atoms with van der Waals surface area (Å²) in [5.41, 5.74) is 1.16. The first kappa shape index (κ1) is 14.5. The lowest BCUT2D eigenvalue weighted by Gasteiger charge is -2.32. The van der Waals surface area contributed by atoms with Gasteiger partial charge >= 0.3 is 0 Å². The van der Waals surface area contributed by atoms with E-state index in [2.05, 4.69) is 24.4 Å². The van der Waals surface area contributed by atoms with Crippen LogP contribution in [0.25, 0.3) is 0 Å². The maximum absolute atomic E-state index is 9.59. The molecule has 0 amide bonds. The van der Waals surface area contributed by atoms with Crippen LogP contribution in [0.1, 0.15) is 44.2 Å². The molecule has 2 rings (SSSR count). The third-order valence-electron chi connectivity index (χ3n) is 3.80. The number of aliphatic hydroxyl groups excluding tert-OH is 1. The molecule has 106 valence electrons. The highest BCUT2D eigenvalue weighted by atomic mass is 16.5. The van der Waals surface area contributed by atoms with Crippen LogP contribution in [-0.4, -0.2) is 30.5 Å². The third-order valence-corrected chi connectivity index (χ3v) is 3.80. The minimum atomic E-state index is 0.0339. The Morgan fingerprint density at radius 1 is 1.37 bits per heavy atom. The molecule has 2 N–H and O–H groups in total. The second-order valence-corrected chi connectivity index (χ2v) is 5.32. The molecule has 1 fully saturated rings. The van der Waals surface area contributed by atoms with Crippen LogP contribution in [0.4, 0.5) is 0 Å². The van der Waals surface area contributed by atoms with E-state index in [1.54, 1.807) is 0 Å². The van der Waals surface area contributed by atoms with Crippen LogP contribution >= 0.6 is 0 Å². The smallest absolute Gasteiger partial charge is 0.0626 e. The molecule has 3 atom stereocenters. The second kappa shape index (κ2) is 7.63. The first-order valence-corrected chi connectivity index (χ1v) is 7.37. The quantitative estimate of drug-likeness (QED) is 0.829. The molecule has 0 aromatic heterocycles. The van der Waals surface area contributed by atoms with Gasteiger partial charge in [-0.05, 0) is 24.8 Å². The summed E-state index contributed by atoms with van der Waals surface area (Å²) in [6.07, 6.45) is 4.76. The van der Waals surface area contributed by atoms with Crippen molar-refractivity contribution in [1.29, 1.82) is 0 Å². The summed E-state index contributed by atoms with van der Waals surface area (Å²) in [5.74, 6) is 0. The maximum atomic E-state index is 9.59. The minimum Gasteiger partial charge on any atom is -0.394 e. The lowest BCUT2D eigenvalue weighted by Crippen LogP contribution is -2.41. The minimum absolute atomic E-state index is 0.0339. The first-order valence-electron chi connectivity index (χ1n) is 7.37. The Morgan fingerprint density at radius 3 is 2.84 bits per heavy atom. The molecule has 0 spiro atoms. The number of rotatable bonds is 6. The van der Waals surface area contributed by atoms with Crippen molar-refractivity contribution in [3.63, 3.8) is 0 Å². The van der Waals surface area contributed by atoms with Crippen molar-refractivity contribution in [3.05, 3.63) is 35.9 Å². The van der Waals surface area contributed by atoms with Gasteiger partial charge in [0.1, 0.15) is 0 Å². The van der Waals surface area contributed by atoms with Crippen LogP contribution in [0.2, 0.25) is 0 Å². The van der Waals surface area contributed by atoms with Crippen LogP contribution in [0, 0.1) is 0 Å². The lowest BCUT2D eigenvalue weighted by molar-refractivity contribution is -0.00636. The van der Waals surface area contributed by atoms with Gasteiger partial charge in [-0.3, -0.25) is 0 Å². The van der Waals surface area contributed by atoms with E-state index < -0.39 is 0 Å². The Labute approximate surface area is 116 Å². The fraction of sp³-hybridized carbons (Fsp3) is 0.625. The molecule has 0 saturated carbocycles. The van der Waals surface area contributed by atoms with E-state index in [1.165, 1.54) is 6.42 Å². The molecule has 3 heteroatoms. The van der Waals surface area contributed by atoms with Gasteiger partial charge in [-0.15, -0.1) is 0 Å². The number of hydrogen-bond acceptors (Lipinski definition) is 3. The van der Waals surface area contributed by atoms with E-state index in [-0.39, 0.29) is 12.6 Å². The van der Waals surface area contributed by atoms with Gasteiger partial charge in [-0.2, -0.15) is 0 Å². The predicted octanol–water partition coefficient (Wildman–Crippen LogP) is 2.66. The van der Waals surface area contributed by atoms with E-state index in [9.17, 15) is 5.11 Å². The number of ether oxygens (including phenoxy) is 1. The zero-order valence-corrected chi connectivity index (χ0v) is 11.7. The van der Waals surface area contributed by atoms with Crippen molar-refractivity contribution < 1.29 is 9.84 Å². The highest BCUT2D eigenvalue weighted by Crippen LogP contribution is 2.21. The van der Waals surface area contributed by atoms with Gasteiger partial charge in [0.25, 0.3) is 0 Å². The molecule has 3 nitrogen and oxygen atoms in total. The van der Waals surface area contributed by atoms with Gasteiger partial charge in [-0.1, -0.05) is 43.7 Å². The molecule has 1 aromatic carbocycles. The molecule has 0 radical (unpaired) electrons. The molecular weight excluding hydrogens is 238 g/mol. The Balaban J connectivity index is 1.91. The number of nitrogens with one attached hydrogen (secondary N) is 1. The largest absolute Gasteiger partial charge is 0.394 e. The summed E-state index contributed by atoms with van der Waals surface area (Å²) in [7, 11) is 0. The number of benzene rings is 1. The summed E-state index contributed by atoms with van der Waals surface area (Å²) in [6.45, 7) is 3.16. The topological polar surface area (TPSA) is 41.5 Å². The van der Waals surface area contributed by atoms with Gasteiger partial charge < -0.3 is 15.2 Å². The highest BCUT2D eigenvalue weighted by Gasteiger charge is 2.24. The van der Waals surface area contributed by atoms with Gasteiger partial charge in [-0.25, -0.2) is 0 Å². The van der Waals surface area contributed by atoms with Crippen LogP contribution in [-0.2, 0) is 4.74 Å². The van der Waals surface area contributed by atoms with E-state index in [4.69, 9.17) is 4.74 Å². The maximum Gasteiger partial charge on any atom is 0.0626 e. The summed E-state index contributed by atoms with van der Waals surface area (Å²) < 4.78 is 5.77. The average molecular weight is 263 g/mol. The molecule has 1 heterocycles. The average Bonchev–Trinajstić information content (AvgIpc) is 2.46. The van der Waals surface area contributed by atoms with E-state index in [0.717, 1.165) is 31.4 Å². The zero-order chi connectivity index (χ0) is 13.5. The Hall–Kier alpha value is -0.900. The van der Waals surface area contributed by atoms with Crippen molar-refractivity contribution >= 4 is 0 Å². The molecular formula is C16H25NO2. The molecule has 1 aromatic rings. The van der Waals surface area contributed by atoms with Crippen molar-refractivity contribution in [2.75, 3.05) is 13.2 Å². The SMILES string of the molecule is CCCC1CC(N[C@H](CO)c2ccccc2)CCO1. The van der Waals surface area contributed by atoms with Crippen LogP contribution < -0.4 is 5.32 Å². The summed E-state index contributed by atoms with van der Waals surface area (Å²) in [5, 5.41) is 13.2. The Kier molecular flexibility index (Phi) is 5.83. The number of aliphatic hydroxyl groups is 1. The normalized spacial score (nSPS) is 25.2. The Bertz CT molecular complexity index is 353. The third kappa shape index (κ3) is 4.30. The van der Waals surface area contributed by atoms with Crippen molar-refractivity contribution in [2.45, 2.75) is 50.8 Å². The zero-order valence-electron chi connectivity index (χ0n) is 11.7. The fourth-order valence-electron chi connectivity index (χ4n) is 2.78. The van der Waals surface area contributed by atoms with Gasteiger partial charge in [0.15, 0.2) is 0 Å². The van der Waals surface area contributed by atoms with Gasteiger partial charge in [0, 0.05) is 12.6 Å². The highest BCUT2D eigenvalue weighted by molar-refractivity contribution is 5.19. The number of hydrogen-bond donors (Lipinski definition) is 2. The summed E-state index contributed by atoms with van der Waals surface area (Å²) >= 11 is 0. The Morgan fingerprint density at radius 2 is 2.16 bits per heavy atom. The first-order chi connectivity index (χ1) is 9.33. The van der Waals surface area contributed by atoms with Crippen LogP contribution in [0.5, 0.6) is 0 Å². The second-order valence-electron chi connectivity index (χ2n) is 5.32. The van der Waals surface area contributed by atoms with E-state index >= 15 is 0 Å². The van der Waals surface area contributed by atoms with E-state index in [0.29, 0.717) is 12.1 Å². The van der Waals surface area contributed by atoms with E-state index in [1.807, 2.05) is 18.2 Å². The molecule has 0 bridgehead atoms. The molecule has 19 heavy (non-hydrogen) atoms. The van der Waals surface area contributed by atoms with Gasteiger partial charge in [0.2, 0.25) is 0 Å². The van der Waals surface area contributed by atoms with Crippen LogP contribution in [0.3, 0.4) is 0 Å². The van der Waals surface area contributed by atoms with Crippen molar-refractivity contribution in [1.82, 2.24) is 5.32 Å². The predicted molar refractivity (Wildman–Crippen MR) is 77.1 cm³/mol. The summed E-state index contributed by atoms with van der Waals surface area (Å²) in [6, 6.07) is 10.7. The van der Waals surface area contributed by atoms with Crippen LogP contribution in [0.15, 0.2) is 30.3 Å². The molecule has 1 aliphatic rings.